The number of amides is 2. The molecule has 0 bridgehead atoms. The maximum Gasteiger partial charge on any atom is 0.253 e. The Labute approximate surface area is 159 Å². The summed E-state index contributed by atoms with van der Waals surface area (Å²) >= 11 is 0. The van der Waals surface area contributed by atoms with Crippen molar-refractivity contribution in [3.63, 3.8) is 0 Å². The van der Waals surface area contributed by atoms with Gasteiger partial charge in [0.05, 0.1) is 11.6 Å². The maximum absolute atomic E-state index is 12.9. The smallest absolute Gasteiger partial charge is 0.253 e. The average Bonchev–Trinajstić information content (AvgIpc) is 2.87. The third kappa shape index (κ3) is 4.35. The molecule has 27 heavy (non-hydrogen) atoms. The average molecular weight is 361 g/mol. The second-order valence-corrected chi connectivity index (χ2v) is 6.76. The molecule has 0 aliphatic carbocycles. The highest BCUT2D eigenvalue weighted by Gasteiger charge is 2.31. The van der Waals surface area contributed by atoms with E-state index in [0.717, 1.165) is 12.0 Å². The molecule has 0 spiro atoms. The van der Waals surface area contributed by atoms with Crippen LogP contribution >= 0.6 is 0 Å². The molecule has 5 nitrogen and oxygen atoms in total. The number of carbonyl (C=O) groups is 2. The third-order valence-corrected chi connectivity index (χ3v) is 4.98. The Bertz CT molecular complexity index is 857. The Morgan fingerprint density at radius 3 is 2.67 bits per heavy atom. The summed E-state index contributed by atoms with van der Waals surface area (Å²) in [6.07, 6.45) is 1.09. The van der Waals surface area contributed by atoms with E-state index < -0.39 is 0 Å². The number of benzene rings is 2. The number of rotatable bonds is 4. The molecule has 5 heteroatoms. The molecule has 2 aromatic carbocycles. The van der Waals surface area contributed by atoms with Crippen LogP contribution in [-0.4, -0.2) is 40.7 Å². The number of hydrogen-bond acceptors (Lipinski definition) is 3. The molecule has 1 aliphatic heterocycles. The number of hydrogen-bond donors (Lipinski definition) is 0. The zero-order valence-electron chi connectivity index (χ0n) is 15.5. The maximum atomic E-state index is 12.9. The topological polar surface area (TPSA) is 64.4 Å². The van der Waals surface area contributed by atoms with E-state index in [9.17, 15) is 9.59 Å². The van der Waals surface area contributed by atoms with E-state index in [-0.39, 0.29) is 17.9 Å². The van der Waals surface area contributed by atoms with Crippen molar-refractivity contribution < 1.29 is 9.59 Å². The highest BCUT2D eigenvalue weighted by molar-refractivity contribution is 5.95. The molecule has 0 saturated carbocycles. The van der Waals surface area contributed by atoms with Gasteiger partial charge in [-0.2, -0.15) is 5.26 Å². The predicted octanol–water partition coefficient (Wildman–Crippen LogP) is 3.21. The quantitative estimate of drug-likeness (QED) is 0.840. The lowest BCUT2D eigenvalue weighted by Crippen LogP contribution is -2.43. The molecule has 1 aliphatic rings. The van der Waals surface area contributed by atoms with Gasteiger partial charge in [-0.25, -0.2) is 0 Å². The third-order valence-electron chi connectivity index (χ3n) is 4.98. The van der Waals surface area contributed by atoms with Crippen molar-refractivity contribution in [3.05, 3.63) is 71.3 Å². The lowest BCUT2D eigenvalue weighted by Gasteiger charge is -2.31. The fourth-order valence-electron chi connectivity index (χ4n) is 3.46. The van der Waals surface area contributed by atoms with Gasteiger partial charge >= 0.3 is 0 Å². The molecule has 0 N–H and O–H groups in total. The molecule has 138 valence electrons. The zero-order valence-corrected chi connectivity index (χ0v) is 15.5. The van der Waals surface area contributed by atoms with Crippen LogP contribution in [0.25, 0.3) is 0 Å². The molecule has 3 rings (SSSR count). The van der Waals surface area contributed by atoms with Crippen LogP contribution < -0.4 is 0 Å². The van der Waals surface area contributed by atoms with Crippen molar-refractivity contribution in [2.75, 3.05) is 13.1 Å². The first-order valence-corrected chi connectivity index (χ1v) is 9.25. The van der Waals surface area contributed by atoms with Gasteiger partial charge in [-0.15, -0.1) is 0 Å². The monoisotopic (exact) mass is 361 g/mol. The second kappa shape index (κ2) is 8.50. The van der Waals surface area contributed by atoms with Crippen molar-refractivity contribution in [2.45, 2.75) is 32.4 Å². The van der Waals surface area contributed by atoms with E-state index in [1.54, 1.807) is 29.2 Å². The fourth-order valence-corrected chi connectivity index (χ4v) is 3.46. The minimum absolute atomic E-state index is 0.0247. The highest BCUT2D eigenvalue weighted by atomic mass is 16.2. The normalized spacial score (nSPS) is 17.3. The van der Waals surface area contributed by atoms with Crippen molar-refractivity contribution in [3.8, 4) is 6.07 Å². The summed E-state index contributed by atoms with van der Waals surface area (Å²) in [5.41, 5.74) is 2.04. The number of nitrogens with zero attached hydrogens (tertiary/aromatic N) is 3. The van der Waals surface area contributed by atoms with E-state index in [1.165, 1.54) is 0 Å². The van der Waals surface area contributed by atoms with Gasteiger partial charge in [-0.3, -0.25) is 9.59 Å². The lowest BCUT2D eigenvalue weighted by atomic mass is 10.1. The molecule has 1 fully saturated rings. The summed E-state index contributed by atoms with van der Waals surface area (Å²) in [7, 11) is 0. The Morgan fingerprint density at radius 2 is 1.96 bits per heavy atom. The van der Waals surface area contributed by atoms with Gasteiger partial charge in [0.15, 0.2) is 0 Å². The molecule has 2 aromatic rings. The molecule has 1 heterocycles. The van der Waals surface area contributed by atoms with Gasteiger partial charge in [-0.05, 0) is 30.2 Å². The minimum Gasteiger partial charge on any atom is -0.336 e. The van der Waals surface area contributed by atoms with E-state index in [0.29, 0.717) is 37.2 Å². The Hall–Kier alpha value is -3.13. The van der Waals surface area contributed by atoms with E-state index in [1.807, 2.05) is 42.2 Å². The fraction of sp³-hybridized carbons (Fsp3) is 0.318. The molecule has 0 unspecified atom stereocenters. The van der Waals surface area contributed by atoms with Crippen LogP contribution in [-0.2, 0) is 11.3 Å². The van der Waals surface area contributed by atoms with Crippen molar-refractivity contribution in [1.82, 2.24) is 9.80 Å². The largest absolute Gasteiger partial charge is 0.336 e. The Morgan fingerprint density at radius 1 is 1.19 bits per heavy atom. The van der Waals surface area contributed by atoms with E-state index >= 15 is 0 Å². The van der Waals surface area contributed by atoms with E-state index in [4.69, 9.17) is 5.26 Å². The molecule has 1 atom stereocenters. The molecule has 0 radical (unpaired) electrons. The van der Waals surface area contributed by atoms with Crippen molar-refractivity contribution in [2.24, 2.45) is 0 Å². The summed E-state index contributed by atoms with van der Waals surface area (Å²) < 4.78 is 0. The van der Waals surface area contributed by atoms with Crippen molar-refractivity contribution in [1.29, 1.82) is 5.26 Å². The molecule has 0 aromatic heterocycles. The van der Waals surface area contributed by atoms with Crippen LogP contribution in [0.1, 0.15) is 41.3 Å². The second-order valence-electron chi connectivity index (χ2n) is 6.76. The molecular formula is C22H23N3O2. The number of nitriles is 1. The molecular weight excluding hydrogens is 338 g/mol. The molecule has 2 amide bonds. The first-order valence-electron chi connectivity index (χ1n) is 9.25. The summed E-state index contributed by atoms with van der Waals surface area (Å²) in [5.74, 6) is -0.0494. The SMILES string of the molecule is CC[C@@H]1CN(C(=O)c2cccc(C#N)c2)CCC(=O)N1Cc1ccccc1. The van der Waals surface area contributed by atoms with E-state index in [2.05, 4.69) is 6.07 Å². The van der Waals surface area contributed by atoms with Crippen LogP contribution in [0.5, 0.6) is 0 Å². The zero-order chi connectivity index (χ0) is 19.2. The van der Waals surface area contributed by atoms with Gasteiger partial charge in [-0.1, -0.05) is 43.3 Å². The first kappa shape index (κ1) is 18.7. The van der Waals surface area contributed by atoms with Crippen LogP contribution in [0, 0.1) is 11.3 Å². The summed E-state index contributed by atoms with van der Waals surface area (Å²) in [6.45, 7) is 3.51. The van der Waals surface area contributed by atoms with Crippen molar-refractivity contribution >= 4 is 11.8 Å². The number of carbonyl (C=O) groups excluding carboxylic acids is 2. The standard InChI is InChI=1S/C22H23N3O2/c1-2-20-16-24(22(27)19-10-6-9-18(13-19)14-23)12-11-21(26)25(20)15-17-7-4-3-5-8-17/h3-10,13,20H,2,11-12,15-16H2,1H3/t20-/m1/s1. The van der Waals surface area contributed by atoms with Gasteiger partial charge in [0, 0.05) is 37.7 Å². The summed E-state index contributed by atoms with van der Waals surface area (Å²) in [6, 6.07) is 18.7. The molecule has 1 saturated heterocycles. The highest BCUT2D eigenvalue weighted by Crippen LogP contribution is 2.19. The Kier molecular flexibility index (Phi) is 5.87. The Balaban J connectivity index is 1.79. The van der Waals surface area contributed by atoms with Gasteiger partial charge in [0.2, 0.25) is 5.91 Å². The van der Waals surface area contributed by atoms with Crippen LogP contribution in [0.3, 0.4) is 0 Å². The van der Waals surface area contributed by atoms with Gasteiger partial charge in [0.1, 0.15) is 0 Å². The van der Waals surface area contributed by atoms with Crippen LogP contribution in [0.4, 0.5) is 0 Å². The van der Waals surface area contributed by atoms with Crippen LogP contribution in [0.15, 0.2) is 54.6 Å². The van der Waals surface area contributed by atoms with Gasteiger partial charge in [0.25, 0.3) is 5.91 Å². The lowest BCUT2D eigenvalue weighted by molar-refractivity contribution is -0.133. The predicted molar refractivity (Wildman–Crippen MR) is 103 cm³/mol. The first-order chi connectivity index (χ1) is 13.1. The summed E-state index contributed by atoms with van der Waals surface area (Å²) in [5, 5.41) is 9.06. The van der Waals surface area contributed by atoms with Gasteiger partial charge < -0.3 is 9.80 Å². The summed E-state index contributed by atoms with van der Waals surface area (Å²) in [4.78, 5) is 29.3. The van der Waals surface area contributed by atoms with Crippen LogP contribution in [0.2, 0.25) is 0 Å². The minimum atomic E-state index is -0.125.